The minimum Gasteiger partial charge on any atom is -0.508 e. The Balaban J connectivity index is 2.66. The van der Waals surface area contributed by atoms with E-state index in [1.807, 2.05) is 0 Å². The molecule has 0 aliphatic rings. The molecule has 0 heterocycles. The minimum atomic E-state index is 0.196. The molecular formula is C7H8N2O2. The van der Waals surface area contributed by atoms with E-state index in [0.717, 1.165) is 6.40 Å². The van der Waals surface area contributed by atoms with Crippen LogP contribution in [0.5, 0.6) is 11.5 Å². The quantitative estimate of drug-likeness (QED) is 0.283. The number of hydrazone groups is 1. The van der Waals surface area contributed by atoms with Gasteiger partial charge < -0.3 is 15.7 Å². The van der Waals surface area contributed by atoms with E-state index in [0.29, 0.717) is 5.75 Å². The van der Waals surface area contributed by atoms with Gasteiger partial charge in [-0.2, -0.15) is 5.10 Å². The second-order valence-corrected chi connectivity index (χ2v) is 1.87. The van der Waals surface area contributed by atoms with E-state index < -0.39 is 0 Å². The van der Waals surface area contributed by atoms with Crippen LogP contribution in [0.4, 0.5) is 0 Å². The summed E-state index contributed by atoms with van der Waals surface area (Å²) in [6, 6.07) is 6.24. The molecule has 0 bridgehead atoms. The molecule has 1 aromatic carbocycles. The van der Waals surface area contributed by atoms with Crippen LogP contribution in [-0.2, 0) is 0 Å². The summed E-state index contributed by atoms with van der Waals surface area (Å²) in [6.45, 7) is 0. The molecule has 58 valence electrons. The molecular weight excluding hydrogens is 144 g/mol. The molecule has 0 atom stereocenters. The number of nitrogens with two attached hydrogens (primary N) is 1. The molecule has 11 heavy (non-hydrogen) atoms. The number of phenolic OH excluding ortho intramolecular Hbond substituents is 1. The third-order valence-electron chi connectivity index (χ3n) is 1.09. The Hall–Kier alpha value is -1.71. The van der Waals surface area contributed by atoms with Crippen LogP contribution in [0.3, 0.4) is 0 Å². The largest absolute Gasteiger partial charge is 0.508 e. The molecule has 0 radical (unpaired) electrons. The molecule has 0 amide bonds. The third-order valence-corrected chi connectivity index (χ3v) is 1.09. The van der Waals surface area contributed by atoms with Gasteiger partial charge in [0.05, 0.1) is 0 Å². The van der Waals surface area contributed by atoms with E-state index in [1.54, 1.807) is 12.1 Å². The van der Waals surface area contributed by atoms with Crippen molar-refractivity contribution in [2.24, 2.45) is 10.9 Å². The van der Waals surface area contributed by atoms with Crippen molar-refractivity contribution in [1.29, 1.82) is 0 Å². The molecule has 0 saturated carbocycles. The van der Waals surface area contributed by atoms with Gasteiger partial charge in [-0.15, -0.1) is 0 Å². The zero-order valence-corrected chi connectivity index (χ0v) is 5.77. The SMILES string of the molecule is N/N=C/Oc1ccc(O)cc1. The monoisotopic (exact) mass is 152 g/mol. The van der Waals surface area contributed by atoms with Crippen LogP contribution in [0, 0.1) is 0 Å². The van der Waals surface area contributed by atoms with Crippen LogP contribution in [0.2, 0.25) is 0 Å². The van der Waals surface area contributed by atoms with Crippen molar-refractivity contribution >= 4 is 6.40 Å². The summed E-state index contributed by atoms with van der Waals surface area (Å²) in [4.78, 5) is 0. The fourth-order valence-corrected chi connectivity index (χ4v) is 0.616. The summed E-state index contributed by atoms with van der Waals surface area (Å²) in [7, 11) is 0. The van der Waals surface area contributed by atoms with Gasteiger partial charge in [-0.1, -0.05) is 0 Å². The second-order valence-electron chi connectivity index (χ2n) is 1.87. The molecule has 0 aliphatic heterocycles. The lowest BCUT2D eigenvalue weighted by atomic mass is 10.3. The van der Waals surface area contributed by atoms with Crippen molar-refractivity contribution < 1.29 is 9.84 Å². The van der Waals surface area contributed by atoms with Crippen LogP contribution in [0.1, 0.15) is 0 Å². The first-order valence-corrected chi connectivity index (χ1v) is 3.00. The number of ether oxygens (including phenoxy) is 1. The zero-order chi connectivity index (χ0) is 8.10. The highest BCUT2D eigenvalue weighted by atomic mass is 16.5. The molecule has 0 aliphatic carbocycles. The van der Waals surface area contributed by atoms with Gasteiger partial charge in [-0.3, -0.25) is 0 Å². The first kappa shape index (κ1) is 7.40. The Morgan fingerprint density at radius 1 is 1.36 bits per heavy atom. The van der Waals surface area contributed by atoms with Crippen LogP contribution in [0.15, 0.2) is 29.4 Å². The molecule has 4 nitrogen and oxygen atoms in total. The van der Waals surface area contributed by atoms with Gasteiger partial charge in [0.15, 0.2) is 6.40 Å². The molecule has 0 unspecified atom stereocenters. The van der Waals surface area contributed by atoms with Crippen molar-refractivity contribution in [2.45, 2.75) is 0 Å². The molecule has 0 spiro atoms. The molecule has 0 fully saturated rings. The Morgan fingerprint density at radius 2 is 2.00 bits per heavy atom. The average molecular weight is 152 g/mol. The Morgan fingerprint density at radius 3 is 2.55 bits per heavy atom. The van der Waals surface area contributed by atoms with Crippen molar-refractivity contribution in [1.82, 2.24) is 0 Å². The van der Waals surface area contributed by atoms with Gasteiger partial charge in [0, 0.05) is 0 Å². The maximum atomic E-state index is 8.87. The summed E-state index contributed by atoms with van der Waals surface area (Å²) < 4.78 is 4.88. The van der Waals surface area contributed by atoms with Gasteiger partial charge in [-0.05, 0) is 24.3 Å². The maximum Gasteiger partial charge on any atom is 0.198 e. The van der Waals surface area contributed by atoms with Crippen molar-refractivity contribution in [3.05, 3.63) is 24.3 Å². The van der Waals surface area contributed by atoms with Gasteiger partial charge in [-0.25, -0.2) is 0 Å². The number of nitrogens with zero attached hydrogens (tertiary/aromatic N) is 1. The number of phenols is 1. The summed E-state index contributed by atoms with van der Waals surface area (Å²) in [6.07, 6.45) is 1.12. The normalized spacial score (nSPS) is 10.2. The highest BCUT2D eigenvalue weighted by Gasteiger charge is 1.89. The fraction of sp³-hybridized carbons (Fsp3) is 0. The Kier molecular flexibility index (Phi) is 2.32. The maximum absolute atomic E-state index is 8.87. The molecule has 1 rings (SSSR count). The number of aromatic hydroxyl groups is 1. The van der Waals surface area contributed by atoms with E-state index in [1.165, 1.54) is 12.1 Å². The molecule has 0 aromatic heterocycles. The molecule has 1 aromatic rings. The van der Waals surface area contributed by atoms with Gasteiger partial charge in [0.1, 0.15) is 11.5 Å². The molecule has 3 N–H and O–H groups in total. The lowest BCUT2D eigenvalue weighted by molar-refractivity contribution is 0.473. The highest BCUT2D eigenvalue weighted by Crippen LogP contribution is 2.14. The smallest absolute Gasteiger partial charge is 0.198 e. The summed E-state index contributed by atoms with van der Waals surface area (Å²) in [5.41, 5.74) is 0. The van der Waals surface area contributed by atoms with Crippen molar-refractivity contribution in [3.8, 4) is 11.5 Å². The van der Waals surface area contributed by atoms with Gasteiger partial charge in [0.25, 0.3) is 0 Å². The number of rotatable bonds is 2. The first-order chi connectivity index (χ1) is 5.33. The van der Waals surface area contributed by atoms with E-state index in [2.05, 4.69) is 5.10 Å². The zero-order valence-electron chi connectivity index (χ0n) is 5.77. The average Bonchev–Trinajstić information content (AvgIpc) is 2.04. The number of benzene rings is 1. The number of hydrogen-bond donors (Lipinski definition) is 2. The fourth-order valence-electron chi connectivity index (χ4n) is 0.616. The second kappa shape index (κ2) is 3.46. The summed E-state index contributed by atoms with van der Waals surface area (Å²) in [5, 5.41) is 12.0. The van der Waals surface area contributed by atoms with E-state index in [9.17, 15) is 0 Å². The minimum absolute atomic E-state index is 0.196. The Bertz CT molecular complexity index is 243. The third kappa shape index (κ3) is 2.17. The van der Waals surface area contributed by atoms with E-state index in [-0.39, 0.29) is 5.75 Å². The lowest BCUT2D eigenvalue weighted by Crippen LogP contribution is -1.92. The number of hydrogen-bond acceptors (Lipinski definition) is 4. The van der Waals surface area contributed by atoms with Crippen molar-refractivity contribution in [2.75, 3.05) is 0 Å². The van der Waals surface area contributed by atoms with E-state index >= 15 is 0 Å². The standard InChI is InChI=1S/C7H8N2O2/c8-9-5-11-7-3-1-6(10)2-4-7/h1-5,10H,8H2/b9-5+. The predicted octanol–water partition coefficient (Wildman–Crippen LogP) is 0.673. The molecule has 0 saturated heterocycles. The topological polar surface area (TPSA) is 67.8 Å². The van der Waals surface area contributed by atoms with Crippen LogP contribution in [-0.4, -0.2) is 11.5 Å². The van der Waals surface area contributed by atoms with Gasteiger partial charge in [0.2, 0.25) is 0 Å². The van der Waals surface area contributed by atoms with Crippen LogP contribution < -0.4 is 10.6 Å². The predicted molar refractivity (Wildman–Crippen MR) is 41.4 cm³/mol. The van der Waals surface area contributed by atoms with Crippen molar-refractivity contribution in [3.63, 3.8) is 0 Å². The first-order valence-electron chi connectivity index (χ1n) is 3.00. The lowest BCUT2D eigenvalue weighted by Gasteiger charge is -1.96. The highest BCUT2D eigenvalue weighted by molar-refractivity contribution is 5.51. The van der Waals surface area contributed by atoms with E-state index in [4.69, 9.17) is 15.7 Å². The summed E-state index contributed by atoms with van der Waals surface area (Å²) in [5.74, 6) is 5.58. The van der Waals surface area contributed by atoms with Crippen LogP contribution in [0.25, 0.3) is 0 Å². The van der Waals surface area contributed by atoms with Crippen LogP contribution >= 0.6 is 0 Å². The molecule has 4 heteroatoms. The van der Waals surface area contributed by atoms with Gasteiger partial charge >= 0.3 is 0 Å². The summed E-state index contributed by atoms with van der Waals surface area (Å²) >= 11 is 0. The Labute approximate surface area is 63.9 Å².